The van der Waals surface area contributed by atoms with E-state index in [1.165, 1.54) is 15.3 Å². The molecule has 3 heterocycles. The van der Waals surface area contributed by atoms with Crippen LogP contribution in [0.15, 0.2) is 30.6 Å². The van der Waals surface area contributed by atoms with Crippen molar-refractivity contribution in [1.29, 1.82) is 0 Å². The second-order valence-corrected chi connectivity index (χ2v) is 7.89. The van der Waals surface area contributed by atoms with E-state index in [0.717, 1.165) is 31.9 Å². The third-order valence-corrected chi connectivity index (χ3v) is 5.93. The number of amides is 1. The van der Waals surface area contributed by atoms with Crippen LogP contribution in [0.4, 0.5) is 24.8 Å². The Bertz CT molecular complexity index is 1100. The summed E-state index contributed by atoms with van der Waals surface area (Å²) >= 11 is 0. The number of hydrogen-bond acceptors (Lipinski definition) is 5. The van der Waals surface area contributed by atoms with Crippen LogP contribution in [0.2, 0.25) is 0 Å². The summed E-state index contributed by atoms with van der Waals surface area (Å²) in [4.78, 5) is 18.2. The largest absolute Gasteiger partial charge is 0.434 e. The van der Waals surface area contributed by atoms with Gasteiger partial charge in [-0.3, -0.25) is 13.9 Å². The van der Waals surface area contributed by atoms with Gasteiger partial charge in [-0.25, -0.2) is 4.98 Å². The monoisotopic (exact) mass is 435 g/mol. The Hall–Kier alpha value is -3.24. The third-order valence-electron chi connectivity index (χ3n) is 5.93. The normalized spacial score (nSPS) is 19.5. The zero-order chi connectivity index (χ0) is 22.3. The fourth-order valence-corrected chi connectivity index (χ4v) is 4.10. The molecule has 0 radical (unpaired) electrons. The van der Waals surface area contributed by atoms with Crippen molar-refractivity contribution in [3.8, 4) is 0 Å². The number of alkyl halides is 3. The summed E-state index contributed by atoms with van der Waals surface area (Å²) in [5.74, 6) is 0.721. The topological polar surface area (TPSA) is 93.5 Å². The number of nitrogens with zero attached hydrogens (tertiary/aromatic N) is 5. The SMILES string of the molecule is CN(c1cccc2nc(C(F)(F)F)cn12)C1CCC(NC(=O)c2cnn(C)c2N)CC1. The summed E-state index contributed by atoms with van der Waals surface area (Å²) in [7, 11) is 3.55. The fraction of sp³-hybridized carbons (Fsp3) is 0.450. The van der Waals surface area contributed by atoms with Crippen molar-refractivity contribution in [2.24, 2.45) is 7.05 Å². The molecule has 1 amide bonds. The zero-order valence-electron chi connectivity index (χ0n) is 17.2. The van der Waals surface area contributed by atoms with E-state index in [1.54, 1.807) is 25.2 Å². The quantitative estimate of drug-likeness (QED) is 0.657. The molecular formula is C20H24F3N7O. The molecule has 4 rings (SSSR count). The van der Waals surface area contributed by atoms with Crippen molar-refractivity contribution in [3.05, 3.63) is 41.9 Å². The van der Waals surface area contributed by atoms with Crippen LogP contribution in [0, 0.1) is 0 Å². The van der Waals surface area contributed by atoms with Crippen LogP contribution in [-0.4, -0.2) is 44.2 Å². The highest BCUT2D eigenvalue weighted by atomic mass is 19.4. The summed E-state index contributed by atoms with van der Waals surface area (Å²) in [5.41, 5.74) is 5.57. The molecule has 1 aliphatic rings. The van der Waals surface area contributed by atoms with E-state index in [2.05, 4.69) is 15.4 Å². The van der Waals surface area contributed by atoms with Crippen molar-refractivity contribution in [1.82, 2.24) is 24.5 Å². The average molecular weight is 435 g/mol. The Labute approximate surface area is 176 Å². The minimum atomic E-state index is -4.49. The molecule has 1 aliphatic carbocycles. The summed E-state index contributed by atoms with van der Waals surface area (Å²) in [6, 6.07) is 5.20. The number of nitrogen functional groups attached to an aromatic ring is 1. The number of pyridine rings is 1. The minimum absolute atomic E-state index is 0.0117. The average Bonchev–Trinajstić information content (AvgIpc) is 3.32. The predicted molar refractivity (Wildman–Crippen MR) is 110 cm³/mol. The highest BCUT2D eigenvalue weighted by Gasteiger charge is 2.34. The molecule has 166 valence electrons. The van der Waals surface area contributed by atoms with Gasteiger partial charge in [-0.1, -0.05) is 6.07 Å². The molecule has 3 aromatic rings. The van der Waals surface area contributed by atoms with Gasteiger partial charge in [0.1, 0.15) is 22.8 Å². The van der Waals surface area contributed by atoms with Crippen molar-refractivity contribution in [3.63, 3.8) is 0 Å². The Morgan fingerprint density at radius 3 is 2.58 bits per heavy atom. The number of aryl methyl sites for hydroxylation is 1. The van der Waals surface area contributed by atoms with E-state index in [4.69, 9.17) is 5.73 Å². The molecule has 1 fully saturated rings. The predicted octanol–water partition coefficient (Wildman–Crippen LogP) is 2.85. The van der Waals surface area contributed by atoms with Gasteiger partial charge in [-0.2, -0.15) is 18.3 Å². The number of carbonyl (C=O) groups excluding carboxylic acids is 1. The van der Waals surface area contributed by atoms with Gasteiger partial charge in [0.15, 0.2) is 5.69 Å². The van der Waals surface area contributed by atoms with Crippen LogP contribution in [0.3, 0.4) is 0 Å². The van der Waals surface area contributed by atoms with E-state index < -0.39 is 11.9 Å². The van der Waals surface area contributed by atoms with Gasteiger partial charge in [0.2, 0.25) is 0 Å². The molecule has 0 atom stereocenters. The molecule has 0 spiro atoms. The first kappa shape index (κ1) is 21.0. The molecule has 0 bridgehead atoms. The maximum Gasteiger partial charge on any atom is 0.434 e. The van der Waals surface area contributed by atoms with Gasteiger partial charge in [-0.05, 0) is 37.8 Å². The fourth-order valence-electron chi connectivity index (χ4n) is 4.10. The maximum absolute atomic E-state index is 13.1. The molecular weight excluding hydrogens is 411 g/mol. The van der Waals surface area contributed by atoms with E-state index in [1.807, 2.05) is 11.9 Å². The summed E-state index contributed by atoms with van der Waals surface area (Å²) < 4.78 is 42.1. The number of nitrogens with one attached hydrogen (secondary N) is 1. The van der Waals surface area contributed by atoms with Crippen molar-refractivity contribution >= 4 is 23.2 Å². The van der Waals surface area contributed by atoms with Gasteiger partial charge in [0.05, 0.1) is 6.20 Å². The zero-order valence-corrected chi connectivity index (χ0v) is 17.2. The Balaban J connectivity index is 1.43. The first-order chi connectivity index (χ1) is 14.6. The lowest BCUT2D eigenvalue weighted by Crippen LogP contribution is -2.43. The lowest BCUT2D eigenvalue weighted by Gasteiger charge is -2.36. The first-order valence-corrected chi connectivity index (χ1v) is 10.0. The second kappa shape index (κ2) is 7.78. The summed E-state index contributed by atoms with van der Waals surface area (Å²) in [5, 5.41) is 6.99. The van der Waals surface area contributed by atoms with Crippen LogP contribution < -0.4 is 16.0 Å². The first-order valence-electron chi connectivity index (χ1n) is 10.0. The maximum atomic E-state index is 13.1. The van der Waals surface area contributed by atoms with E-state index >= 15 is 0 Å². The lowest BCUT2D eigenvalue weighted by atomic mass is 9.90. The molecule has 8 nitrogen and oxygen atoms in total. The molecule has 0 unspecified atom stereocenters. The van der Waals surface area contributed by atoms with Crippen molar-refractivity contribution in [2.45, 2.75) is 43.9 Å². The number of imidazole rings is 1. The van der Waals surface area contributed by atoms with Crippen molar-refractivity contribution in [2.75, 3.05) is 17.7 Å². The highest BCUT2D eigenvalue weighted by molar-refractivity contribution is 5.98. The number of aromatic nitrogens is 4. The van der Waals surface area contributed by atoms with Crippen molar-refractivity contribution < 1.29 is 18.0 Å². The Morgan fingerprint density at radius 2 is 1.97 bits per heavy atom. The van der Waals surface area contributed by atoms with E-state index in [-0.39, 0.29) is 23.6 Å². The van der Waals surface area contributed by atoms with Crippen LogP contribution in [0.5, 0.6) is 0 Å². The Morgan fingerprint density at radius 1 is 1.26 bits per heavy atom. The van der Waals surface area contributed by atoms with Gasteiger partial charge >= 0.3 is 6.18 Å². The molecule has 31 heavy (non-hydrogen) atoms. The van der Waals surface area contributed by atoms with Gasteiger partial charge < -0.3 is 16.0 Å². The lowest BCUT2D eigenvalue weighted by molar-refractivity contribution is -0.140. The third kappa shape index (κ3) is 4.04. The Kier molecular flexibility index (Phi) is 5.28. The van der Waals surface area contributed by atoms with E-state index in [9.17, 15) is 18.0 Å². The number of halogens is 3. The van der Waals surface area contributed by atoms with Gasteiger partial charge in [0, 0.05) is 32.4 Å². The number of carbonyl (C=O) groups is 1. The van der Waals surface area contributed by atoms with Gasteiger partial charge in [-0.15, -0.1) is 0 Å². The number of anilines is 2. The summed E-state index contributed by atoms with van der Waals surface area (Å²) in [6.45, 7) is 0. The molecule has 0 aliphatic heterocycles. The minimum Gasteiger partial charge on any atom is -0.383 e. The smallest absolute Gasteiger partial charge is 0.383 e. The van der Waals surface area contributed by atoms with Crippen LogP contribution in [0.25, 0.3) is 5.65 Å². The van der Waals surface area contributed by atoms with Gasteiger partial charge in [0.25, 0.3) is 5.91 Å². The molecule has 1 saturated carbocycles. The molecule has 0 aromatic carbocycles. The number of hydrogen-bond donors (Lipinski definition) is 2. The number of fused-ring (bicyclic) bond motifs is 1. The molecule has 11 heteroatoms. The van der Waals surface area contributed by atoms with Crippen LogP contribution >= 0.6 is 0 Å². The molecule has 3 aromatic heterocycles. The highest BCUT2D eigenvalue weighted by Crippen LogP contribution is 2.31. The number of nitrogens with two attached hydrogens (primary N) is 1. The molecule has 0 saturated heterocycles. The van der Waals surface area contributed by atoms with E-state index in [0.29, 0.717) is 17.2 Å². The second-order valence-electron chi connectivity index (χ2n) is 7.89. The standard InChI is InChI=1S/C20H24F3N7O/c1-28(17-5-3-4-16-27-15(11-30(16)17)20(21,22)23)13-8-6-12(7-9-13)26-19(31)14-10-25-29(2)18(14)24/h3-5,10-13H,6-9,24H2,1-2H3,(H,26,31). The number of rotatable bonds is 4. The van der Waals surface area contributed by atoms with Crippen LogP contribution in [0.1, 0.15) is 41.7 Å². The van der Waals surface area contributed by atoms with Crippen LogP contribution in [-0.2, 0) is 13.2 Å². The summed E-state index contributed by atoms with van der Waals surface area (Å²) in [6.07, 6.45) is 1.10. The molecule has 3 N–H and O–H groups in total.